The van der Waals surface area contributed by atoms with Gasteiger partial charge < -0.3 is 14.9 Å². The lowest BCUT2D eigenvalue weighted by Crippen LogP contribution is -2.31. The minimum atomic E-state index is -1.56. The first kappa shape index (κ1) is 30.8. The van der Waals surface area contributed by atoms with Gasteiger partial charge in [-0.3, -0.25) is 0 Å². The smallest absolute Gasteiger partial charge is 0.423 e. The maximum atomic E-state index is 10.1. The molecule has 8 aromatic rings. The van der Waals surface area contributed by atoms with Crippen LogP contribution >= 0.6 is 0 Å². The van der Waals surface area contributed by atoms with Crippen molar-refractivity contribution in [3.63, 3.8) is 0 Å². The highest BCUT2D eigenvalue weighted by Gasteiger charge is 2.46. The third-order valence-electron chi connectivity index (χ3n) is 10.4. The Bertz CT molecular complexity index is 2470. The summed E-state index contributed by atoms with van der Waals surface area (Å²) in [5, 5.41) is 22.5. The van der Waals surface area contributed by atoms with Crippen LogP contribution in [0.4, 0.5) is 17.1 Å². The van der Waals surface area contributed by atoms with E-state index in [2.05, 4.69) is 175 Å². The Kier molecular flexibility index (Phi) is 7.62. The van der Waals surface area contributed by atoms with Crippen LogP contribution in [0.2, 0.25) is 0 Å². The highest BCUT2D eigenvalue weighted by molar-refractivity contribution is 6.60. The normalized spacial score (nSPS) is 12.7. The molecule has 8 aromatic carbocycles. The van der Waals surface area contributed by atoms with E-state index >= 15 is 0 Å². The van der Waals surface area contributed by atoms with Gasteiger partial charge in [0, 0.05) is 16.8 Å². The van der Waals surface area contributed by atoms with Gasteiger partial charge in [0.25, 0.3) is 0 Å². The lowest BCUT2D eigenvalue weighted by Gasteiger charge is -2.35. The average molecular weight is 656 g/mol. The number of fused-ring (bicyclic) bond motifs is 4. The number of anilines is 3. The van der Waals surface area contributed by atoms with E-state index in [9.17, 15) is 10.0 Å². The second-order valence-electron chi connectivity index (χ2n) is 13.1. The van der Waals surface area contributed by atoms with E-state index in [1.807, 2.05) is 18.2 Å². The van der Waals surface area contributed by atoms with E-state index in [0.29, 0.717) is 5.46 Å². The van der Waals surface area contributed by atoms with Crippen molar-refractivity contribution in [2.75, 3.05) is 4.90 Å². The molecule has 0 radical (unpaired) electrons. The first-order chi connectivity index (χ1) is 25.1. The summed E-state index contributed by atoms with van der Waals surface area (Å²) in [4.78, 5) is 2.35. The van der Waals surface area contributed by atoms with Crippen molar-refractivity contribution < 1.29 is 10.0 Å². The predicted molar refractivity (Wildman–Crippen MR) is 211 cm³/mol. The fraction of sp³-hybridized carbons (Fsp3) is 0.0213. The Morgan fingerprint density at radius 1 is 0.431 bits per heavy atom. The summed E-state index contributed by atoms with van der Waals surface area (Å²) >= 11 is 0. The van der Waals surface area contributed by atoms with E-state index in [4.69, 9.17) is 0 Å². The van der Waals surface area contributed by atoms with Crippen molar-refractivity contribution in [3.05, 3.63) is 216 Å². The van der Waals surface area contributed by atoms with E-state index in [1.54, 1.807) is 6.07 Å². The zero-order valence-corrected chi connectivity index (χ0v) is 27.9. The monoisotopic (exact) mass is 655 g/mol. The Labute approximate surface area is 298 Å². The molecule has 51 heavy (non-hydrogen) atoms. The molecule has 242 valence electrons. The van der Waals surface area contributed by atoms with Crippen LogP contribution in [0.5, 0.6) is 0 Å². The highest BCUT2D eigenvalue weighted by atomic mass is 16.4. The average Bonchev–Trinajstić information content (AvgIpc) is 3.49. The summed E-state index contributed by atoms with van der Waals surface area (Å²) in [5.41, 5.74) is 12.2. The molecule has 0 atom stereocenters. The minimum Gasteiger partial charge on any atom is -0.423 e. The predicted octanol–water partition coefficient (Wildman–Crippen LogP) is 10.0. The molecule has 0 bridgehead atoms. The summed E-state index contributed by atoms with van der Waals surface area (Å²) in [6.45, 7) is 0. The lowest BCUT2D eigenvalue weighted by atomic mass is 9.67. The number of rotatable bonds is 7. The van der Waals surface area contributed by atoms with Crippen molar-refractivity contribution in [2.45, 2.75) is 5.41 Å². The van der Waals surface area contributed by atoms with Crippen molar-refractivity contribution >= 4 is 40.4 Å². The van der Waals surface area contributed by atoms with Gasteiger partial charge in [-0.15, -0.1) is 0 Å². The molecular weight excluding hydrogens is 621 g/mol. The Morgan fingerprint density at radius 2 is 1.00 bits per heavy atom. The van der Waals surface area contributed by atoms with Gasteiger partial charge in [0.2, 0.25) is 0 Å². The highest BCUT2D eigenvalue weighted by Crippen LogP contribution is 2.57. The largest absolute Gasteiger partial charge is 0.489 e. The molecule has 0 saturated carbocycles. The van der Waals surface area contributed by atoms with Crippen LogP contribution in [0.15, 0.2) is 194 Å². The zero-order chi connectivity index (χ0) is 34.4. The quantitative estimate of drug-likeness (QED) is 0.168. The molecule has 0 amide bonds. The number of hydrogen-bond acceptors (Lipinski definition) is 3. The maximum absolute atomic E-state index is 10.1. The fourth-order valence-electron chi connectivity index (χ4n) is 8.18. The van der Waals surface area contributed by atoms with Crippen LogP contribution in [0.1, 0.15) is 22.3 Å². The van der Waals surface area contributed by atoms with E-state index in [0.717, 1.165) is 33.6 Å². The summed E-state index contributed by atoms with van der Waals surface area (Å²) in [6, 6.07) is 68.4. The Morgan fingerprint density at radius 3 is 1.73 bits per heavy atom. The first-order valence-electron chi connectivity index (χ1n) is 17.3. The molecule has 9 rings (SSSR count). The van der Waals surface area contributed by atoms with Gasteiger partial charge >= 0.3 is 7.12 Å². The van der Waals surface area contributed by atoms with Crippen molar-refractivity contribution in [3.8, 4) is 22.3 Å². The van der Waals surface area contributed by atoms with Crippen molar-refractivity contribution in [1.29, 1.82) is 0 Å². The van der Waals surface area contributed by atoms with Gasteiger partial charge in [-0.2, -0.15) is 0 Å². The number of hydrogen-bond donors (Lipinski definition) is 2. The van der Waals surface area contributed by atoms with Gasteiger partial charge in [0.15, 0.2) is 0 Å². The summed E-state index contributed by atoms with van der Waals surface area (Å²) in [5.74, 6) is 0. The van der Waals surface area contributed by atoms with Crippen molar-refractivity contribution in [2.24, 2.45) is 0 Å². The second kappa shape index (κ2) is 12.6. The molecule has 0 unspecified atom stereocenters. The van der Waals surface area contributed by atoms with Gasteiger partial charge in [-0.1, -0.05) is 164 Å². The number of benzene rings is 8. The molecule has 0 heterocycles. The molecule has 0 saturated heterocycles. The third-order valence-corrected chi connectivity index (χ3v) is 10.4. The summed E-state index contributed by atoms with van der Waals surface area (Å²) in [6.07, 6.45) is 0. The molecular formula is C47H34BNO2. The van der Waals surface area contributed by atoms with Crippen LogP contribution in [0.3, 0.4) is 0 Å². The topological polar surface area (TPSA) is 43.7 Å². The first-order valence-corrected chi connectivity index (χ1v) is 17.3. The molecule has 2 N–H and O–H groups in total. The SMILES string of the molecule is OB(O)c1ccccc1-c1ccc(N(c2ccc3c(c2)C(c2ccccc2)(c2ccccc2)c2ccccc2-3)c2cccc3ccccc23)cc1. The summed E-state index contributed by atoms with van der Waals surface area (Å²) < 4.78 is 0. The Hall–Kier alpha value is -6.20. The zero-order valence-electron chi connectivity index (χ0n) is 27.9. The molecule has 1 aliphatic carbocycles. The van der Waals surface area contributed by atoms with E-state index in [1.165, 1.54) is 38.8 Å². The molecule has 0 spiro atoms. The third kappa shape index (κ3) is 4.99. The Balaban J connectivity index is 1.30. The van der Waals surface area contributed by atoms with Crippen molar-refractivity contribution in [1.82, 2.24) is 0 Å². The molecule has 0 aromatic heterocycles. The fourth-order valence-corrected chi connectivity index (χ4v) is 8.18. The van der Waals surface area contributed by atoms with E-state index < -0.39 is 12.5 Å². The standard InChI is InChI=1S/C47H34BNO2/c50-48(51)45-24-12-10-20-39(45)34-26-28-37(29-27-34)49(46-25-13-15-33-14-7-8-21-40(33)46)38-30-31-42-41-22-9-11-23-43(41)47(44(42)32-38,35-16-3-1-4-17-35)36-18-5-2-6-19-36/h1-32,50-51H. The second-order valence-corrected chi connectivity index (χ2v) is 13.1. The van der Waals surface area contributed by atoms with E-state index in [-0.39, 0.29) is 0 Å². The van der Waals surface area contributed by atoms with Crippen LogP contribution < -0.4 is 10.4 Å². The van der Waals surface area contributed by atoms with Gasteiger partial charge in [-0.25, -0.2) is 0 Å². The van der Waals surface area contributed by atoms with Crippen LogP contribution in [-0.2, 0) is 5.41 Å². The van der Waals surface area contributed by atoms with Gasteiger partial charge in [0.1, 0.15) is 0 Å². The molecule has 3 nitrogen and oxygen atoms in total. The lowest BCUT2D eigenvalue weighted by molar-refractivity contribution is 0.426. The van der Waals surface area contributed by atoms with Gasteiger partial charge in [-0.05, 0) is 85.7 Å². The van der Waals surface area contributed by atoms with Crippen LogP contribution in [0.25, 0.3) is 33.0 Å². The molecule has 0 fully saturated rings. The summed E-state index contributed by atoms with van der Waals surface area (Å²) in [7, 11) is -1.56. The minimum absolute atomic E-state index is 0.479. The maximum Gasteiger partial charge on any atom is 0.489 e. The number of nitrogens with zero attached hydrogens (tertiary/aromatic N) is 1. The molecule has 0 aliphatic heterocycles. The molecule has 4 heteroatoms. The van der Waals surface area contributed by atoms with Gasteiger partial charge in [0.05, 0.1) is 11.1 Å². The van der Waals surface area contributed by atoms with Crippen LogP contribution in [-0.4, -0.2) is 17.2 Å². The van der Waals surface area contributed by atoms with Crippen LogP contribution in [0, 0.1) is 0 Å². The molecule has 1 aliphatic rings.